The van der Waals surface area contributed by atoms with Gasteiger partial charge in [0.05, 0.1) is 11.2 Å². The highest BCUT2D eigenvalue weighted by atomic mass is 16.3. The van der Waals surface area contributed by atoms with Crippen LogP contribution in [-0.4, -0.2) is 90.2 Å². The van der Waals surface area contributed by atoms with Gasteiger partial charge in [0.25, 0.3) is 11.5 Å². The number of fused-ring (bicyclic) bond motifs is 2. The lowest BCUT2D eigenvalue weighted by atomic mass is 9.83. The molecule has 336 valence electrons. The van der Waals surface area contributed by atoms with Crippen LogP contribution in [0, 0.1) is 6.92 Å². The van der Waals surface area contributed by atoms with E-state index in [0.29, 0.717) is 65.7 Å². The molecule has 5 aliphatic rings. The molecule has 2 aromatic carbocycles. The van der Waals surface area contributed by atoms with Crippen molar-refractivity contribution in [1.82, 2.24) is 34.6 Å². The Hall–Kier alpha value is -6.32. The molecular formula is C50H55N9O6. The molecule has 1 aliphatic carbocycles. The molecule has 3 N–H and O–H groups in total. The van der Waals surface area contributed by atoms with Crippen LogP contribution < -0.4 is 21.1 Å². The first kappa shape index (κ1) is 42.6. The summed E-state index contributed by atoms with van der Waals surface area (Å²) >= 11 is 0. The van der Waals surface area contributed by atoms with Gasteiger partial charge in [-0.2, -0.15) is 4.98 Å². The van der Waals surface area contributed by atoms with Crippen molar-refractivity contribution in [2.75, 3.05) is 36.4 Å². The molecule has 1 unspecified atom stereocenters. The lowest BCUT2D eigenvalue weighted by Gasteiger charge is -2.39. The number of nitrogens with one attached hydrogen (secondary N) is 2. The normalized spacial score (nSPS) is 20.7. The number of aromatic nitrogens is 4. The number of hydrogen-bond donors (Lipinski definition) is 3. The van der Waals surface area contributed by atoms with Crippen molar-refractivity contribution < 1.29 is 24.3 Å². The van der Waals surface area contributed by atoms with Gasteiger partial charge >= 0.3 is 0 Å². The number of anilines is 3. The van der Waals surface area contributed by atoms with E-state index in [1.807, 2.05) is 24.4 Å². The molecule has 3 aromatic heterocycles. The number of Topliss-reactive ketones (excluding diaryl/α,β-unsaturated/α-hetero) is 1. The first-order valence-electron chi connectivity index (χ1n) is 23.1. The fourth-order valence-electron chi connectivity index (χ4n) is 10.9. The number of pyridine rings is 2. The second kappa shape index (κ2) is 17.2. The van der Waals surface area contributed by atoms with E-state index in [-0.39, 0.29) is 41.2 Å². The summed E-state index contributed by atoms with van der Waals surface area (Å²) < 4.78 is 1.72. The van der Waals surface area contributed by atoms with Gasteiger partial charge < -0.3 is 20.2 Å². The van der Waals surface area contributed by atoms with E-state index in [2.05, 4.69) is 55.7 Å². The van der Waals surface area contributed by atoms with Crippen LogP contribution in [0.4, 0.5) is 17.5 Å². The van der Waals surface area contributed by atoms with Crippen LogP contribution in [0.15, 0.2) is 71.8 Å². The number of imide groups is 1. The Labute approximate surface area is 377 Å². The zero-order chi connectivity index (χ0) is 45.0. The molecule has 1 atom stereocenters. The van der Waals surface area contributed by atoms with Crippen molar-refractivity contribution in [3.05, 3.63) is 116 Å². The van der Waals surface area contributed by atoms with Gasteiger partial charge in [-0.3, -0.25) is 38.8 Å². The molecule has 0 bridgehead atoms. The van der Waals surface area contributed by atoms with Gasteiger partial charge in [0.2, 0.25) is 17.8 Å². The highest BCUT2D eigenvalue weighted by Gasteiger charge is 2.41. The van der Waals surface area contributed by atoms with Gasteiger partial charge in [-0.15, -0.1) is 0 Å². The summed E-state index contributed by atoms with van der Waals surface area (Å²) in [5.41, 5.74) is 5.92. The van der Waals surface area contributed by atoms with Crippen molar-refractivity contribution in [1.29, 1.82) is 0 Å². The minimum absolute atomic E-state index is 0.0116. The number of benzene rings is 2. The van der Waals surface area contributed by atoms with E-state index in [1.54, 1.807) is 28.7 Å². The first-order valence-corrected chi connectivity index (χ1v) is 23.1. The van der Waals surface area contributed by atoms with Crippen LogP contribution in [0.2, 0.25) is 0 Å². The summed E-state index contributed by atoms with van der Waals surface area (Å²) in [6, 6.07) is 17.8. The Morgan fingerprint density at radius 3 is 2.34 bits per heavy atom. The highest BCUT2D eigenvalue weighted by molar-refractivity contribution is 6.05. The zero-order valence-electron chi connectivity index (χ0n) is 37.0. The molecule has 15 nitrogen and oxygen atoms in total. The smallest absolute Gasteiger partial charge is 0.263 e. The quantitative estimate of drug-likeness (QED) is 0.107. The van der Waals surface area contributed by atoms with Gasteiger partial charge in [-0.05, 0) is 117 Å². The Kier molecular flexibility index (Phi) is 11.3. The second-order valence-electron chi connectivity index (χ2n) is 18.7. The average Bonchev–Trinajstić information content (AvgIpc) is 3.95. The van der Waals surface area contributed by atoms with Crippen LogP contribution in [0.5, 0.6) is 0 Å². The standard InChI is InChI=1S/C50H55N9O6/c1-30-40-27-52-49(55-45(40)59(38-5-3-4-6-38)48(64)44(30)31(2)60)53-42-15-9-34(26-51-42)33-17-21-57(22-18-33)37-11-7-32(8-12-37)28-56-23-19-50(65,20-24-56)36-10-13-39-35(25-36)29-58(47(39)63)41-14-16-43(61)54-46(41)62/h7-13,15,25-27,33,38,41,65H,3-6,14,16-24,28-29H2,1-2H3,(H,54,61,62)(H,51,52,53,55). The monoisotopic (exact) mass is 877 g/mol. The third-order valence-corrected chi connectivity index (χ3v) is 14.7. The molecular weight excluding hydrogens is 823 g/mol. The molecule has 4 fully saturated rings. The number of rotatable bonds is 10. The summed E-state index contributed by atoms with van der Waals surface area (Å²) in [5.74, 6) is 0.192. The number of amides is 3. The SMILES string of the molecule is CC(=O)c1c(C)c2cnc(Nc3ccc(C4CCN(c5ccc(CN6CCC(O)(c7ccc8c(c7)CN(C7CCC(=O)NC7=O)C8=O)CC6)cc5)CC4)cn3)nc2n(C2CCCC2)c1=O. The predicted molar refractivity (Wildman–Crippen MR) is 245 cm³/mol. The lowest BCUT2D eigenvalue weighted by Crippen LogP contribution is -2.52. The number of likely N-dealkylation sites (tertiary alicyclic amines) is 1. The minimum Gasteiger partial charge on any atom is -0.385 e. The van der Waals surface area contributed by atoms with E-state index in [1.165, 1.54) is 23.7 Å². The van der Waals surface area contributed by atoms with Gasteiger partial charge in [-0.1, -0.05) is 43.2 Å². The summed E-state index contributed by atoms with van der Waals surface area (Å²) in [7, 11) is 0. The van der Waals surface area contributed by atoms with Crippen molar-refractivity contribution in [2.24, 2.45) is 0 Å². The average molecular weight is 878 g/mol. The van der Waals surface area contributed by atoms with Crippen LogP contribution in [0.1, 0.15) is 132 Å². The third-order valence-electron chi connectivity index (χ3n) is 14.7. The molecule has 3 amide bonds. The third kappa shape index (κ3) is 8.20. The summed E-state index contributed by atoms with van der Waals surface area (Å²) in [6.45, 7) is 7.69. The highest BCUT2D eigenvalue weighted by Crippen LogP contribution is 2.38. The van der Waals surface area contributed by atoms with Gasteiger partial charge in [0, 0.05) is 80.8 Å². The van der Waals surface area contributed by atoms with Gasteiger partial charge in [-0.25, -0.2) is 9.97 Å². The Morgan fingerprint density at radius 2 is 1.65 bits per heavy atom. The van der Waals surface area contributed by atoms with Gasteiger partial charge in [0.1, 0.15) is 17.5 Å². The number of aliphatic hydroxyl groups is 1. The van der Waals surface area contributed by atoms with Crippen molar-refractivity contribution in [2.45, 2.75) is 115 Å². The van der Waals surface area contributed by atoms with Crippen LogP contribution in [0.3, 0.4) is 0 Å². The maximum atomic E-state index is 13.6. The maximum Gasteiger partial charge on any atom is 0.263 e. The van der Waals surface area contributed by atoms with E-state index in [9.17, 15) is 29.1 Å². The second-order valence-corrected chi connectivity index (χ2v) is 18.7. The Bertz CT molecular complexity index is 2750. The number of carbonyl (C=O) groups is 4. The molecule has 65 heavy (non-hydrogen) atoms. The molecule has 5 aromatic rings. The molecule has 4 aliphatic heterocycles. The van der Waals surface area contributed by atoms with Crippen LogP contribution >= 0.6 is 0 Å². The predicted octanol–water partition coefficient (Wildman–Crippen LogP) is 6.18. The fourth-order valence-corrected chi connectivity index (χ4v) is 10.9. The van der Waals surface area contributed by atoms with Crippen molar-refractivity contribution >= 4 is 52.0 Å². The minimum atomic E-state index is -0.999. The largest absolute Gasteiger partial charge is 0.385 e. The summed E-state index contributed by atoms with van der Waals surface area (Å²) in [4.78, 5) is 83.9. The Balaban J connectivity index is 0.712. The fraction of sp³-hybridized carbons (Fsp3) is 0.440. The van der Waals surface area contributed by atoms with E-state index >= 15 is 0 Å². The van der Waals surface area contributed by atoms with Crippen LogP contribution in [0.25, 0.3) is 11.0 Å². The Morgan fingerprint density at radius 1 is 0.892 bits per heavy atom. The number of carbonyl (C=O) groups excluding carboxylic acids is 4. The summed E-state index contributed by atoms with van der Waals surface area (Å²) in [6.07, 6.45) is 11.2. The molecule has 1 saturated carbocycles. The molecule has 10 rings (SSSR count). The molecule has 0 spiro atoms. The number of nitrogens with zero attached hydrogens (tertiary/aromatic N) is 7. The number of ketones is 1. The van der Waals surface area contributed by atoms with Crippen LogP contribution in [-0.2, 0) is 28.3 Å². The van der Waals surface area contributed by atoms with Crippen molar-refractivity contribution in [3.63, 3.8) is 0 Å². The van der Waals surface area contributed by atoms with E-state index in [0.717, 1.165) is 82.4 Å². The van der Waals surface area contributed by atoms with E-state index in [4.69, 9.17) is 9.97 Å². The van der Waals surface area contributed by atoms with Crippen molar-refractivity contribution in [3.8, 4) is 0 Å². The summed E-state index contributed by atoms with van der Waals surface area (Å²) in [5, 5.41) is 18.1. The topological polar surface area (TPSA) is 183 Å². The number of aryl methyl sites for hydroxylation is 1. The molecule has 15 heteroatoms. The lowest BCUT2D eigenvalue weighted by molar-refractivity contribution is -0.136. The van der Waals surface area contributed by atoms with E-state index < -0.39 is 17.6 Å². The molecule has 0 radical (unpaired) electrons. The van der Waals surface area contributed by atoms with Gasteiger partial charge in [0.15, 0.2) is 5.78 Å². The number of hydrogen-bond acceptors (Lipinski definition) is 12. The molecule has 7 heterocycles. The number of piperidine rings is 3. The zero-order valence-corrected chi connectivity index (χ0v) is 37.0. The first-order chi connectivity index (χ1) is 31.4. The maximum absolute atomic E-state index is 13.6. The molecule has 3 saturated heterocycles.